The number of halogens is 2. The molecule has 0 spiro atoms. The van der Waals surface area contributed by atoms with Crippen molar-refractivity contribution in [1.29, 1.82) is 0 Å². The molecule has 2 aromatic rings. The van der Waals surface area contributed by atoms with Gasteiger partial charge in [-0.2, -0.15) is 0 Å². The van der Waals surface area contributed by atoms with Gasteiger partial charge < -0.3 is 15.8 Å². The van der Waals surface area contributed by atoms with E-state index in [0.717, 1.165) is 6.07 Å². The van der Waals surface area contributed by atoms with Crippen LogP contribution >= 0.6 is 0 Å². The van der Waals surface area contributed by atoms with Gasteiger partial charge in [-0.15, -0.1) is 0 Å². The van der Waals surface area contributed by atoms with Crippen LogP contribution in [0.5, 0.6) is 5.75 Å². The smallest absolute Gasteiger partial charge is 0.255 e. The van der Waals surface area contributed by atoms with Gasteiger partial charge in [0, 0.05) is 22.9 Å². The van der Waals surface area contributed by atoms with Gasteiger partial charge >= 0.3 is 0 Å². The fraction of sp³-hybridized carbons (Fsp3) is 0.133. The van der Waals surface area contributed by atoms with Gasteiger partial charge in [-0.25, -0.2) is 8.78 Å². The maximum Gasteiger partial charge on any atom is 0.255 e. The standard InChI is InChI=1S/C15H14F2N2O2/c1-8-12(17)5-9(6-13(8)18)15(20)19-14-7-10(21-2)3-4-11(14)16/h3-7H,18H2,1-2H3,(H,19,20). The molecule has 0 radical (unpaired) electrons. The zero-order chi connectivity index (χ0) is 15.6. The molecule has 2 rings (SSSR count). The molecule has 0 heterocycles. The molecule has 0 saturated heterocycles. The summed E-state index contributed by atoms with van der Waals surface area (Å²) in [6.07, 6.45) is 0. The molecule has 0 saturated carbocycles. The van der Waals surface area contributed by atoms with Crippen LogP contribution in [-0.2, 0) is 0 Å². The summed E-state index contributed by atoms with van der Waals surface area (Å²) >= 11 is 0. The van der Waals surface area contributed by atoms with Crippen molar-refractivity contribution in [2.24, 2.45) is 0 Å². The number of carbonyl (C=O) groups excluding carboxylic acids is 1. The summed E-state index contributed by atoms with van der Waals surface area (Å²) in [5.74, 6) is -1.48. The molecule has 0 atom stereocenters. The molecule has 6 heteroatoms. The minimum Gasteiger partial charge on any atom is -0.497 e. The van der Waals surface area contributed by atoms with E-state index in [1.54, 1.807) is 0 Å². The highest BCUT2D eigenvalue weighted by Gasteiger charge is 2.13. The van der Waals surface area contributed by atoms with Crippen LogP contribution in [-0.4, -0.2) is 13.0 Å². The minimum absolute atomic E-state index is 0.0119. The van der Waals surface area contributed by atoms with E-state index in [0.29, 0.717) is 5.75 Å². The highest BCUT2D eigenvalue weighted by molar-refractivity contribution is 6.05. The summed E-state index contributed by atoms with van der Waals surface area (Å²) in [4.78, 5) is 12.0. The number of hydrogen-bond acceptors (Lipinski definition) is 3. The van der Waals surface area contributed by atoms with Crippen molar-refractivity contribution in [3.8, 4) is 5.75 Å². The summed E-state index contributed by atoms with van der Waals surface area (Å²) in [5.41, 5.74) is 5.99. The van der Waals surface area contributed by atoms with Crippen LogP contribution < -0.4 is 15.8 Å². The number of amides is 1. The van der Waals surface area contributed by atoms with E-state index < -0.39 is 17.5 Å². The van der Waals surface area contributed by atoms with Crippen LogP contribution in [0.4, 0.5) is 20.2 Å². The van der Waals surface area contributed by atoms with E-state index in [4.69, 9.17) is 10.5 Å². The van der Waals surface area contributed by atoms with Crippen LogP contribution in [0.25, 0.3) is 0 Å². The van der Waals surface area contributed by atoms with Crippen molar-refractivity contribution in [2.75, 3.05) is 18.2 Å². The highest BCUT2D eigenvalue weighted by Crippen LogP contribution is 2.23. The monoisotopic (exact) mass is 292 g/mol. The third-order valence-corrected chi connectivity index (χ3v) is 3.07. The Balaban J connectivity index is 2.30. The first-order valence-electron chi connectivity index (χ1n) is 6.13. The van der Waals surface area contributed by atoms with Gasteiger partial charge in [-0.1, -0.05) is 0 Å². The van der Waals surface area contributed by atoms with Crippen molar-refractivity contribution in [3.05, 3.63) is 53.1 Å². The number of nitrogen functional groups attached to an aromatic ring is 1. The number of methoxy groups -OCH3 is 1. The Bertz CT molecular complexity index is 679. The second kappa shape index (κ2) is 5.78. The second-order valence-corrected chi connectivity index (χ2v) is 4.47. The molecule has 0 aliphatic heterocycles. The Labute approximate surface area is 120 Å². The largest absolute Gasteiger partial charge is 0.497 e. The number of hydrogen-bond donors (Lipinski definition) is 2. The summed E-state index contributed by atoms with van der Waals surface area (Å²) in [7, 11) is 1.43. The highest BCUT2D eigenvalue weighted by atomic mass is 19.1. The molecule has 3 N–H and O–H groups in total. The van der Waals surface area contributed by atoms with E-state index >= 15 is 0 Å². The van der Waals surface area contributed by atoms with Crippen LogP contribution in [0.3, 0.4) is 0 Å². The van der Waals surface area contributed by atoms with Gasteiger partial charge in [0.2, 0.25) is 0 Å². The normalized spacial score (nSPS) is 10.3. The fourth-order valence-corrected chi connectivity index (χ4v) is 1.75. The first-order valence-corrected chi connectivity index (χ1v) is 6.13. The Morgan fingerprint density at radius 2 is 1.90 bits per heavy atom. The van der Waals surface area contributed by atoms with E-state index in [1.807, 2.05) is 0 Å². The first-order chi connectivity index (χ1) is 9.92. The van der Waals surface area contributed by atoms with E-state index in [1.165, 1.54) is 38.3 Å². The predicted octanol–water partition coefficient (Wildman–Crippen LogP) is 3.12. The summed E-state index contributed by atoms with van der Waals surface area (Å²) in [5, 5.41) is 2.36. The van der Waals surface area contributed by atoms with Crippen molar-refractivity contribution >= 4 is 17.3 Å². The predicted molar refractivity (Wildman–Crippen MR) is 76.5 cm³/mol. The van der Waals surface area contributed by atoms with Crippen LogP contribution in [0.1, 0.15) is 15.9 Å². The van der Waals surface area contributed by atoms with E-state index in [2.05, 4.69) is 5.32 Å². The van der Waals surface area contributed by atoms with Gasteiger partial charge in [0.1, 0.15) is 17.4 Å². The lowest BCUT2D eigenvalue weighted by atomic mass is 10.1. The molecule has 1 amide bonds. The van der Waals surface area contributed by atoms with E-state index in [9.17, 15) is 13.6 Å². The molecule has 0 bridgehead atoms. The Kier molecular flexibility index (Phi) is 4.07. The average Bonchev–Trinajstić information content (AvgIpc) is 2.46. The van der Waals surface area contributed by atoms with Gasteiger partial charge in [0.25, 0.3) is 5.91 Å². The molecule has 4 nitrogen and oxygen atoms in total. The maximum absolute atomic E-state index is 13.6. The molecule has 0 aliphatic carbocycles. The minimum atomic E-state index is -0.659. The number of carbonyl (C=O) groups is 1. The van der Waals surface area contributed by atoms with Gasteiger partial charge in [0.05, 0.1) is 12.8 Å². The van der Waals surface area contributed by atoms with Crippen molar-refractivity contribution in [1.82, 2.24) is 0 Å². The zero-order valence-corrected chi connectivity index (χ0v) is 11.5. The van der Waals surface area contributed by atoms with Crippen molar-refractivity contribution in [2.45, 2.75) is 6.92 Å². The molecule has 0 unspecified atom stereocenters. The zero-order valence-electron chi connectivity index (χ0n) is 11.5. The molecular formula is C15H14F2N2O2. The van der Waals surface area contributed by atoms with Crippen molar-refractivity contribution in [3.63, 3.8) is 0 Å². The second-order valence-electron chi connectivity index (χ2n) is 4.47. The van der Waals surface area contributed by atoms with Crippen LogP contribution in [0.15, 0.2) is 30.3 Å². The molecule has 2 aromatic carbocycles. The molecule has 0 aromatic heterocycles. The van der Waals surface area contributed by atoms with Crippen molar-refractivity contribution < 1.29 is 18.3 Å². The number of nitrogens with two attached hydrogens (primary N) is 1. The summed E-state index contributed by atoms with van der Waals surface area (Å²) in [6.45, 7) is 1.51. The Hall–Kier alpha value is -2.63. The lowest BCUT2D eigenvalue weighted by Crippen LogP contribution is -2.14. The van der Waals surface area contributed by atoms with Gasteiger partial charge in [-0.05, 0) is 31.2 Å². The molecule has 21 heavy (non-hydrogen) atoms. The fourth-order valence-electron chi connectivity index (χ4n) is 1.75. The number of ether oxygens (including phenoxy) is 1. The topological polar surface area (TPSA) is 64.3 Å². The number of rotatable bonds is 3. The third-order valence-electron chi connectivity index (χ3n) is 3.07. The lowest BCUT2D eigenvalue weighted by Gasteiger charge is -2.10. The maximum atomic E-state index is 13.6. The first kappa shape index (κ1) is 14.8. The molecule has 0 aliphatic rings. The average molecular weight is 292 g/mol. The number of anilines is 2. The van der Waals surface area contributed by atoms with Crippen LogP contribution in [0.2, 0.25) is 0 Å². The van der Waals surface area contributed by atoms with Gasteiger partial charge in [-0.3, -0.25) is 4.79 Å². The number of nitrogens with one attached hydrogen (secondary N) is 1. The number of benzene rings is 2. The molecule has 110 valence electrons. The molecule has 0 fully saturated rings. The lowest BCUT2D eigenvalue weighted by molar-refractivity contribution is 0.102. The van der Waals surface area contributed by atoms with E-state index in [-0.39, 0.29) is 22.5 Å². The quantitative estimate of drug-likeness (QED) is 0.854. The SMILES string of the molecule is COc1ccc(F)c(NC(=O)c2cc(N)c(C)c(F)c2)c1. The molecular weight excluding hydrogens is 278 g/mol. The van der Waals surface area contributed by atoms with Crippen LogP contribution in [0, 0.1) is 18.6 Å². The Morgan fingerprint density at radius 3 is 2.52 bits per heavy atom. The van der Waals surface area contributed by atoms with Gasteiger partial charge in [0.15, 0.2) is 0 Å². The third kappa shape index (κ3) is 3.10. The summed E-state index contributed by atoms with van der Waals surface area (Å²) < 4.78 is 32.2. The summed E-state index contributed by atoms with van der Waals surface area (Å²) in [6, 6.07) is 6.32. The Morgan fingerprint density at radius 1 is 1.19 bits per heavy atom.